The summed E-state index contributed by atoms with van der Waals surface area (Å²) in [4.78, 5) is 29.7. The molecule has 0 saturated heterocycles. The van der Waals surface area contributed by atoms with Crippen molar-refractivity contribution in [2.24, 2.45) is 0 Å². The lowest BCUT2D eigenvalue weighted by molar-refractivity contribution is -0.140. The number of hydrogen-bond donors (Lipinski definition) is 1. The van der Waals surface area contributed by atoms with E-state index in [-0.39, 0.29) is 40.6 Å². The number of halogens is 4. The van der Waals surface area contributed by atoms with Crippen LogP contribution >= 0.6 is 46.4 Å². The van der Waals surface area contributed by atoms with Crippen molar-refractivity contribution in [1.82, 2.24) is 10.2 Å². The molecule has 0 spiro atoms. The molecule has 3 aromatic rings. The normalized spacial score (nSPS) is 14.6. The Morgan fingerprint density at radius 3 is 2.14 bits per heavy atom. The molecule has 0 unspecified atom stereocenters. The largest absolute Gasteiger partial charge is 0.352 e. The van der Waals surface area contributed by atoms with Gasteiger partial charge in [-0.3, -0.25) is 13.9 Å². The summed E-state index contributed by atoms with van der Waals surface area (Å²) in [6.45, 7) is -0.652. The van der Waals surface area contributed by atoms with E-state index in [2.05, 4.69) is 5.32 Å². The van der Waals surface area contributed by atoms with Crippen LogP contribution in [0.3, 0.4) is 0 Å². The molecule has 7 nitrogen and oxygen atoms in total. The lowest BCUT2D eigenvalue weighted by atomic mass is 9.94. The first-order valence-corrected chi connectivity index (χ1v) is 17.3. The lowest BCUT2D eigenvalue weighted by Gasteiger charge is -2.35. The molecule has 12 heteroatoms. The summed E-state index contributed by atoms with van der Waals surface area (Å²) in [5.41, 5.74) is 1.52. The minimum absolute atomic E-state index is 0.00304. The predicted octanol–water partition coefficient (Wildman–Crippen LogP) is 7.16. The summed E-state index contributed by atoms with van der Waals surface area (Å²) in [7, 11) is -3.97. The minimum atomic E-state index is -3.97. The van der Waals surface area contributed by atoms with Gasteiger partial charge in [-0.15, -0.1) is 0 Å². The maximum Gasteiger partial charge on any atom is 0.244 e. The lowest BCUT2D eigenvalue weighted by Crippen LogP contribution is -2.55. The molecule has 0 heterocycles. The van der Waals surface area contributed by atoms with Crippen molar-refractivity contribution >= 4 is 73.9 Å². The van der Waals surface area contributed by atoms with E-state index in [0.717, 1.165) is 48.2 Å². The molecule has 43 heavy (non-hydrogen) atoms. The molecule has 1 fully saturated rings. The minimum Gasteiger partial charge on any atom is -0.352 e. The maximum absolute atomic E-state index is 14.3. The predicted molar refractivity (Wildman–Crippen MR) is 175 cm³/mol. The van der Waals surface area contributed by atoms with Crippen molar-refractivity contribution in [3.63, 3.8) is 0 Å². The first-order valence-electron chi connectivity index (χ1n) is 13.9. The van der Waals surface area contributed by atoms with Gasteiger partial charge >= 0.3 is 0 Å². The Kier molecular flexibility index (Phi) is 11.6. The number of anilines is 1. The summed E-state index contributed by atoms with van der Waals surface area (Å²) in [6.07, 6.45) is 6.07. The van der Waals surface area contributed by atoms with Crippen LogP contribution in [0.1, 0.15) is 43.2 Å². The van der Waals surface area contributed by atoms with Gasteiger partial charge in [0.25, 0.3) is 0 Å². The van der Waals surface area contributed by atoms with Gasteiger partial charge in [-0.2, -0.15) is 0 Å². The second-order valence-corrected chi connectivity index (χ2v) is 14.3. The Labute approximate surface area is 273 Å². The molecule has 1 N–H and O–H groups in total. The van der Waals surface area contributed by atoms with Crippen molar-refractivity contribution in [3.05, 3.63) is 97.9 Å². The fourth-order valence-electron chi connectivity index (χ4n) is 5.23. The third-order valence-corrected chi connectivity index (χ3v) is 9.56. The molecule has 3 aromatic carbocycles. The highest BCUT2D eigenvalue weighted by Gasteiger charge is 2.34. The number of sulfonamides is 1. The average Bonchev–Trinajstić information content (AvgIpc) is 2.94. The summed E-state index contributed by atoms with van der Waals surface area (Å²) < 4.78 is 26.9. The van der Waals surface area contributed by atoms with Crippen LogP contribution < -0.4 is 9.62 Å². The second kappa shape index (κ2) is 15.0. The Morgan fingerprint density at radius 2 is 1.53 bits per heavy atom. The van der Waals surface area contributed by atoms with E-state index in [1.165, 1.54) is 23.1 Å². The number of amides is 2. The number of nitrogens with one attached hydrogen (secondary N) is 1. The van der Waals surface area contributed by atoms with E-state index >= 15 is 0 Å². The fourth-order valence-corrected chi connectivity index (χ4v) is 7.04. The Morgan fingerprint density at radius 1 is 0.884 bits per heavy atom. The summed E-state index contributed by atoms with van der Waals surface area (Å²) in [5.74, 6) is -0.918. The highest BCUT2D eigenvalue weighted by atomic mass is 35.5. The van der Waals surface area contributed by atoms with Gasteiger partial charge in [0, 0.05) is 39.1 Å². The molecule has 1 aliphatic rings. The van der Waals surface area contributed by atoms with Gasteiger partial charge in [0.1, 0.15) is 12.6 Å². The molecule has 230 valence electrons. The maximum atomic E-state index is 14.3. The highest BCUT2D eigenvalue weighted by Crippen LogP contribution is 2.29. The van der Waals surface area contributed by atoms with Gasteiger partial charge in [-0.05, 0) is 54.3 Å². The number of carbonyl (C=O) groups is 2. The Bertz CT molecular complexity index is 1530. The summed E-state index contributed by atoms with van der Waals surface area (Å²) in [6, 6.07) is 17.6. The van der Waals surface area contributed by atoms with Gasteiger partial charge in [-0.1, -0.05) is 102 Å². The summed E-state index contributed by atoms with van der Waals surface area (Å²) >= 11 is 25.0. The monoisotopic (exact) mass is 683 g/mol. The molecule has 1 atom stereocenters. The Balaban J connectivity index is 1.76. The van der Waals surface area contributed by atoms with E-state index in [9.17, 15) is 18.0 Å². The molecule has 1 aliphatic carbocycles. The first kappa shape index (κ1) is 33.4. The molecular formula is C31H33Cl4N3O4S. The van der Waals surface area contributed by atoms with E-state index in [1.54, 1.807) is 18.2 Å². The third-order valence-electron chi connectivity index (χ3n) is 7.39. The number of benzene rings is 3. The van der Waals surface area contributed by atoms with Gasteiger partial charge in [0.05, 0.1) is 11.9 Å². The quantitative estimate of drug-likeness (QED) is 0.232. The zero-order valence-electron chi connectivity index (χ0n) is 23.6. The molecule has 0 aliphatic heterocycles. The van der Waals surface area contributed by atoms with Gasteiger partial charge in [-0.25, -0.2) is 8.42 Å². The van der Waals surface area contributed by atoms with E-state index in [1.807, 2.05) is 30.3 Å². The van der Waals surface area contributed by atoms with Crippen LogP contribution in [0.5, 0.6) is 0 Å². The number of hydrogen-bond acceptors (Lipinski definition) is 4. The van der Waals surface area contributed by atoms with Crippen LogP contribution in [0.2, 0.25) is 20.1 Å². The van der Waals surface area contributed by atoms with E-state index in [4.69, 9.17) is 46.4 Å². The average molecular weight is 686 g/mol. The summed E-state index contributed by atoms with van der Waals surface area (Å²) in [5, 5.41) is 4.32. The Hall–Kier alpha value is -2.49. The van der Waals surface area contributed by atoms with Crippen molar-refractivity contribution in [2.45, 2.75) is 57.2 Å². The first-order chi connectivity index (χ1) is 20.4. The number of nitrogens with zero attached hydrogens (tertiary/aromatic N) is 2. The van der Waals surface area contributed by atoms with Gasteiger partial charge in [0.15, 0.2) is 0 Å². The van der Waals surface area contributed by atoms with Crippen LogP contribution in [0.15, 0.2) is 66.7 Å². The van der Waals surface area contributed by atoms with Crippen molar-refractivity contribution in [3.8, 4) is 0 Å². The van der Waals surface area contributed by atoms with Crippen molar-refractivity contribution in [1.29, 1.82) is 0 Å². The number of rotatable bonds is 11. The smallest absolute Gasteiger partial charge is 0.244 e. The van der Waals surface area contributed by atoms with Gasteiger partial charge < -0.3 is 10.2 Å². The van der Waals surface area contributed by atoms with Crippen LogP contribution in [0.25, 0.3) is 0 Å². The van der Waals surface area contributed by atoms with Crippen LogP contribution in [-0.2, 0) is 32.6 Å². The molecule has 2 amide bonds. The zero-order valence-corrected chi connectivity index (χ0v) is 27.5. The zero-order chi connectivity index (χ0) is 31.1. The fraction of sp³-hybridized carbons (Fsp3) is 0.355. The van der Waals surface area contributed by atoms with Crippen LogP contribution in [-0.4, -0.2) is 50.0 Å². The SMILES string of the molecule is CS(=O)(=O)N(CC(=O)N(Cc1ccc(Cl)cc1Cl)[C@@H](Cc1ccccc1)C(=O)NC1CCCCC1)c1cc(Cl)cc(Cl)c1. The van der Waals surface area contributed by atoms with Crippen LogP contribution in [0.4, 0.5) is 5.69 Å². The third kappa shape index (κ3) is 9.50. The topological polar surface area (TPSA) is 86.8 Å². The van der Waals surface area contributed by atoms with E-state index < -0.39 is 28.5 Å². The van der Waals surface area contributed by atoms with Crippen molar-refractivity contribution in [2.75, 3.05) is 17.1 Å². The number of carbonyl (C=O) groups excluding carboxylic acids is 2. The highest BCUT2D eigenvalue weighted by molar-refractivity contribution is 7.92. The standard InChI is InChI=1S/C31H33Cl4N3O4S/c1-43(41,42)38(27-16-24(33)15-25(34)17-27)20-30(39)37(19-22-12-13-23(32)18-28(22)35)29(14-21-8-4-2-5-9-21)31(40)36-26-10-6-3-7-11-26/h2,4-5,8-9,12-13,15-18,26,29H,3,6-7,10-11,14,19-20H2,1H3,(H,36,40)/t29-/m0/s1. The molecule has 1 saturated carbocycles. The van der Waals surface area contributed by atoms with Gasteiger partial charge in [0.2, 0.25) is 21.8 Å². The van der Waals surface area contributed by atoms with E-state index in [0.29, 0.717) is 15.6 Å². The van der Waals surface area contributed by atoms with Crippen LogP contribution in [0, 0.1) is 0 Å². The molecule has 0 aromatic heterocycles. The second-order valence-electron chi connectivity index (χ2n) is 10.7. The van der Waals surface area contributed by atoms with Crippen molar-refractivity contribution < 1.29 is 18.0 Å². The molecular weight excluding hydrogens is 652 g/mol. The molecule has 0 radical (unpaired) electrons. The molecule has 0 bridgehead atoms. The molecule has 4 rings (SSSR count).